The quantitative estimate of drug-likeness (QED) is 0.251. The molecule has 0 heterocycles. The van der Waals surface area contributed by atoms with Gasteiger partial charge in [0.05, 0.1) is 6.61 Å². The summed E-state index contributed by atoms with van der Waals surface area (Å²) in [4.78, 5) is 14.4. The van der Waals surface area contributed by atoms with Gasteiger partial charge in [-0.1, -0.05) is 29.4 Å². The fourth-order valence-electron chi connectivity index (χ4n) is 1.43. The Morgan fingerprint density at radius 1 is 1.33 bits per heavy atom. The van der Waals surface area contributed by atoms with Crippen molar-refractivity contribution in [2.75, 3.05) is 19.8 Å². The highest BCUT2D eigenvalue weighted by atomic mass is 16.5. The van der Waals surface area contributed by atoms with Crippen molar-refractivity contribution in [2.24, 2.45) is 10.8 Å². The van der Waals surface area contributed by atoms with Gasteiger partial charge >= 0.3 is 0 Å². The maximum absolute atomic E-state index is 11.8. The average Bonchev–Trinajstić information content (AvgIpc) is 2.39. The molecule has 0 bridgehead atoms. The molecule has 0 unspecified atom stereocenters. The van der Waals surface area contributed by atoms with Crippen LogP contribution in [0.1, 0.15) is 23.2 Å². The first-order chi connectivity index (χ1) is 8.77. The number of ether oxygens (including phenoxy) is 1. The van der Waals surface area contributed by atoms with Gasteiger partial charge in [0.15, 0.2) is 5.78 Å². The second-order valence-corrected chi connectivity index (χ2v) is 3.66. The number of carbonyl (C=O) groups is 1. The van der Waals surface area contributed by atoms with Gasteiger partial charge in [0.25, 0.3) is 0 Å². The molecule has 0 saturated carbocycles. The Bertz CT molecular complexity index is 424. The first-order valence-electron chi connectivity index (χ1n) is 5.74. The summed E-state index contributed by atoms with van der Waals surface area (Å²) in [5, 5.41) is 3.44. The van der Waals surface area contributed by atoms with E-state index >= 15 is 0 Å². The highest BCUT2D eigenvalue weighted by Crippen LogP contribution is 2.14. The summed E-state index contributed by atoms with van der Waals surface area (Å²) in [5.41, 5.74) is 14.6. The largest absolute Gasteiger partial charge is 0.380 e. The Morgan fingerprint density at radius 2 is 2.06 bits per heavy atom. The van der Waals surface area contributed by atoms with Gasteiger partial charge in [0.2, 0.25) is 0 Å². The van der Waals surface area contributed by atoms with Crippen LogP contribution < -0.4 is 5.73 Å². The van der Waals surface area contributed by atoms with Crippen molar-refractivity contribution in [2.45, 2.75) is 12.8 Å². The number of azide groups is 1. The molecule has 1 aromatic rings. The van der Waals surface area contributed by atoms with Gasteiger partial charge in [-0.05, 0) is 12.0 Å². The molecule has 0 amide bonds. The number of nitrogens with two attached hydrogens (primary N) is 1. The van der Waals surface area contributed by atoms with E-state index in [1.807, 2.05) is 0 Å². The fraction of sp³-hybridized carbons (Fsp3) is 0.417. The third-order valence-corrected chi connectivity index (χ3v) is 2.30. The van der Waals surface area contributed by atoms with E-state index in [1.54, 1.807) is 24.3 Å². The second-order valence-electron chi connectivity index (χ2n) is 3.66. The Hall–Kier alpha value is -1.88. The number of hydrogen-bond donors (Lipinski definition) is 1. The van der Waals surface area contributed by atoms with Crippen LogP contribution in [0, 0.1) is 0 Å². The maximum atomic E-state index is 11.8. The topological polar surface area (TPSA) is 101 Å². The van der Waals surface area contributed by atoms with Gasteiger partial charge in [0, 0.05) is 35.7 Å². The third kappa shape index (κ3) is 4.97. The molecule has 0 aliphatic carbocycles. The Balaban J connectivity index is 2.39. The molecule has 0 atom stereocenters. The van der Waals surface area contributed by atoms with Crippen molar-refractivity contribution in [3.63, 3.8) is 0 Å². The van der Waals surface area contributed by atoms with E-state index in [1.165, 1.54) is 0 Å². The molecule has 0 radical (unpaired) electrons. The normalized spacial score (nSPS) is 9.83. The first kappa shape index (κ1) is 14.2. The van der Waals surface area contributed by atoms with Crippen LogP contribution in [-0.2, 0) is 4.74 Å². The number of ketones is 1. The molecule has 0 aliphatic rings. The molecule has 0 fully saturated rings. The van der Waals surface area contributed by atoms with E-state index < -0.39 is 0 Å². The van der Waals surface area contributed by atoms with E-state index in [-0.39, 0.29) is 5.78 Å². The lowest BCUT2D eigenvalue weighted by atomic mass is 10.1. The van der Waals surface area contributed by atoms with Crippen LogP contribution in [0.15, 0.2) is 29.4 Å². The predicted molar refractivity (Wildman–Crippen MR) is 68.7 cm³/mol. The maximum Gasteiger partial charge on any atom is 0.162 e. The number of hydrogen-bond acceptors (Lipinski definition) is 4. The molecule has 1 aromatic carbocycles. The predicted octanol–water partition coefficient (Wildman–Crippen LogP) is 2.57. The number of nitrogens with zero attached hydrogens (tertiary/aromatic N) is 3. The molecule has 18 heavy (non-hydrogen) atoms. The lowest BCUT2D eigenvalue weighted by Gasteiger charge is -2.03. The zero-order valence-corrected chi connectivity index (χ0v) is 10.1. The van der Waals surface area contributed by atoms with E-state index in [2.05, 4.69) is 10.0 Å². The number of Topliss-reactive ketones (excluding diaryl/α,β-unsaturated/α-hetero) is 1. The number of benzene rings is 1. The summed E-state index contributed by atoms with van der Waals surface area (Å²) in [6.45, 7) is 1.56. The smallest absolute Gasteiger partial charge is 0.162 e. The molecule has 96 valence electrons. The summed E-state index contributed by atoms with van der Waals surface area (Å²) in [5.74, 6) is 0.0545. The van der Waals surface area contributed by atoms with E-state index in [0.717, 1.165) is 0 Å². The first-order valence-corrected chi connectivity index (χ1v) is 5.74. The number of rotatable bonds is 8. The molecule has 1 rings (SSSR count). The molecule has 6 nitrogen and oxygen atoms in total. The molecule has 0 spiro atoms. The summed E-state index contributed by atoms with van der Waals surface area (Å²) in [6.07, 6.45) is 1.11. The van der Waals surface area contributed by atoms with Gasteiger partial charge in [-0.3, -0.25) is 4.79 Å². The van der Waals surface area contributed by atoms with E-state index in [9.17, 15) is 4.79 Å². The molecule has 0 aromatic heterocycles. The molecular weight excluding hydrogens is 232 g/mol. The van der Waals surface area contributed by atoms with Gasteiger partial charge in [-0.15, -0.1) is 0 Å². The van der Waals surface area contributed by atoms with Crippen LogP contribution in [0.25, 0.3) is 10.4 Å². The van der Waals surface area contributed by atoms with E-state index in [4.69, 9.17) is 16.0 Å². The Labute approximate surface area is 105 Å². The van der Waals surface area contributed by atoms with Crippen LogP contribution in [0.5, 0.6) is 0 Å². The molecule has 6 heteroatoms. The third-order valence-electron chi connectivity index (χ3n) is 2.30. The lowest BCUT2D eigenvalue weighted by molar-refractivity contribution is 0.0943. The molecule has 0 saturated heterocycles. The van der Waals surface area contributed by atoms with E-state index in [0.29, 0.717) is 43.9 Å². The summed E-state index contributed by atoms with van der Waals surface area (Å²) < 4.78 is 5.19. The van der Waals surface area contributed by atoms with Crippen molar-refractivity contribution in [3.8, 4) is 0 Å². The minimum Gasteiger partial charge on any atom is -0.380 e. The molecular formula is C12H16N4O2. The lowest BCUT2D eigenvalue weighted by Crippen LogP contribution is -2.09. The van der Waals surface area contributed by atoms with Crippen LogP contribution in [0.3, 0.4) is 0 Å². The highest BCUT2D eigenvalue weighted by molar-refractivity contribution is 5.96. The SMILES string of the molecule is [N-]=[N+]=Nc1ccc(C(=O)CCCOCCN)cc1. The average molecular weight is 248 g/mol. The Kier molecular flexibility index (Phi) is 6.50. The highest BCUT2D eigenvalue weighted by Gasteiger charge is 2.05. The second kappa shape index (κ2) is 8.25. The summed E-state index contributed by atoms with van der Waals surface area (Å²) in [7, 11) is 0. The number of carbonyl (C=O) groups excluding carboxylic acids is 1. The monoisotopic (exact) mass is 248 g/mol. The zero-order valence-electron chi connectivity index (χ0n) is 10.1. The fourth-order valence-corrected chi connectivity index (χ4v) is 1.43. The van der Waals surface area contributed by atoms with Crippen LogP contribution in [0.4, 0.5) is 5.69 Å². The summed E-state index contributed by atoms with van der Waals surface area (Å²) in [6, 6.07) is 6.57. The van der Waals surface area contributed by atoms with Crippen molar-refractivity contribution < 1.29 is 9.53 Å². The van der Waals surface area contributed by atoms with Crippen molar-refractivity contribution in [3.05, 3.63) is 40.3 Å². The van der Waals surface area contributed by atoms with Crippen molar-refractivity contribution >= 4 is 11.5 Å². The summed E-state index contributed by atoms with van der Waals surface area (Å²) >= 11 is 0. The van der Waals surface area contributed by atoms with Gasteiger partial charge in [-0.25, -0.2) is 0 Å². The molecule has 2 N–H and O–H groups in total. The van der Waals surface area contributed by atoms with Gasteiger partial charge in [-0.2, -0.15) is 0 Å². The van der Waals surface area contributed by atoms with Crippen molar-refractivity contribution in [1.29, 1.82) is 0 Å². The van der Waals surface area contributed by atoms with Crippen molar-refractivity contribution in [1.82, 2.24) is 0 Å². The zero-order chi connectivity index (χ0) is 13.2. The van der Waals surface area contributed by atoms with Crippen LogP contribution in [0.2, 0.25) is 0 Å². The minimum atomic E-state index is 0.0545. The standard InChI is InChI=1S/C12H16N4O2/c13-7-9-18-8-1-2-12(17)10-3-5-11(6-4-10)15-16-14/h3-6H,1-2,7-9,13H2. The Morgan fingerprint density at radius 3 is 2.67 bits per heavy atom. The van der Waals surface area contributed by atoms with Gasteiger partial charge in [0.1, 0.15) is 0 Å². The minimum absolute atomic E-state index is 0.0545. The van der Waals surface area contributed by atoms with Gasteiger partial charge < -0.3 is 10.5 Å². The van der Waals surface area contributed by atoms with Crippen LogP contribution in [-0.4, -0.2) is 25.5 Å². The van der Waals surface area contributed by atoms with Crippen LogP contribution >= 0.6 is 0 Å². The molecule has 0 aliphatic heterocycles.